The Morgan fingerprint density at radius 1 is 0.824 bits per heavy atom. The van der Waals surface area contributed by atoms with Crippen LogP contribution in [0.2, 0.25) is 0 Å². The molecule has 0 bridgehead atoms. The minimum absolute atomic E-state index is 0.269. The van der Waals surface area contributed by atoms with E-state index in [2.05, 4.69) is 10.6 Å². The maximum Gasteiger partial charge on any atom is 0.320 e. The van der Waals surface area contributed by atoms with Gasteiger partial charge in [-0.3, -0.25) is 9.59 Å². The summed E-state index contributed by atoms with van der Waals surface area (Å²) in [6.45, 7) is 1.72. The molecular formula is C11H20N2O4. The first kappa shape index (κ1) is 13.9. The Morgan fingerprint density at radius 2 is 1.29 bits per heavy atom. The van der Waals surface area contributed by atoms with Crippen LogP contribution >= 0.6 is 0 Å². The van der Waals surface area contributed by atoms with Crippen LogP contribution in [0.3, 0.4) is 0 Å². The number of piperidine rings is 1. The summed E-state index contributed by atoms with van der Waals surface area (Å²) >= 11 is 0. The van der Waals surface area contributed by atoms with Crippen molar-refractivity contribution in [1.82, 2.24) is 10.6 Å². The van der Waals surface area contributed by atoms with E-state index in [-0.39, 0.29) is 12.1 Å². The van der Waals surface area contributed by atoms with E-state index in [4.69, 9.17) is 10.2 Å². The Hall–Kier alpha value is -1.14. The van der Waals surface area contributed by atoms with Crippen molar-refractivity contribution in [1.29, 1.82) is 0 Å². The quantitative estimate of drug-likeness (QED) is 0.547. The van der Waals surface area contributed by atoms with E-state index < -0.39 is 11.9 Å². The second-order valence-electron chi connectivity index (χ2n) is 4.33. The summed E-state index contributed by atoms with van der Waals surface area (Å²) in [5.74, 6) is -1.43. The summed E-state index contributed by atoms with van der Waals surface area (Å²) in [5.41, 5.74) is 0. The molecule has 6 nitrogen and oxygen atoms in total. The molecule has 0 amide bonds. The van der Waals surface area contributed by atoms with Crippen LogP contribution in [0.4, 0.5) is 0 Å². The van der Waals surface area contributed by atoms with Crippen LogP contribution < -0.4 is 10.6 Å². The molecule has 0 aliphatic carbocycles. The van der Waals surface area contributed by atoms with Gasteiger partial charge in [-0.05, 0) is 38.8 Å². The minimum atomic E-state index is -0.720. The molecule has 2 atom stereocenters. The number of hydrogen-bond donors (Lipinski definition) is 4. The molecule has 0 aromatic heterocycles. The monoisotopic (exact) mass is 244 g/mol. The highest BCUT2D eigenvalue weighted by Gasteiger charge is 2.20. The van der Waals surface area contributed by atoms with Crippen molar-refractivity contribution in [2.75, 3.05) is 13.1 Å². The molecule has 4 N–H and O–H groups in total. The van der Waals surface area contributed by atoms with Gasteiger partial charge in [0.1, 0.15) is 12.1 Å². The smallest absolute Gasteiger partial charge is 0.320 e. The van der Waals surface area contributed by atoms with E-state index in [1.165, 1.54) is 0 Å². The topological polar surface area (TPSA) is 98.7 Å². The average molecular weight is 244 g/mol. The highest BCUT2D eigenvalue weighted by molar-refractivity contribution is 5.73. The van der Waals surface area contributed by atoms with Crippen molar-refractivity contribution in [2.24, 2.45) is 0 Å². The van der Waals surface area contributed by atoms with Crippen LogP contribution in [0.1, 0.15) is 32.1 Å². The predicted molar refractivity (Wildman–Crippen MR) is 61.9 cm³/mol. The lowest BCUT2D eigenvalue weighted by atomic mass is 10.1. The Morgan fingerprint density at radius 3 is 1.59 bits per heavy atom. The van der Waals surface area contributed by atoms with E-state index in [1.54, 1.807) is 0 Å². The fourth-order valence-corrected chi connectivity index (χ4v) is 1.96. The SMILES string of the molecule is O=C(O)C1CCCCN1.O=C(O)C1CCCN1. The number of aliphatic carboxylic acids is 2. The maximum absolute atomic E-state index is 10.3. The standard InChI is InChI=1S/C6H11NO2.C5H9NO2/c8-6(9)5-3-1-2-4-7-5;7-5(8)4-2-1-3-6-4/h5,7H,1-4H2,(H,8,9);4,6H,1-3H2,(H,7,8). The first-order chi connectivity index (χ1) is 8.11. The lowest BCUT2D eigenvalue weighted by molar-refractivity contribution is -0.140. The van der Waals surface area contributed by atoms with Crippen molar-refractivity contribution < 1.29 is 19.8 Å². The van der Waals surface area contributed by atoms with Crippen molar-refractivity contribution in [3.05, 3.63) is 0 Å². The number of rotatable bonds is 2. The zero-order valence-corrected chi connectivity index (χ0v) is 9.82. The van der Waals surface area contributed by atoms with Gasteiger partial charge < -0.3 is 20.8 Å². The number of nitrogens with one attached hydrogen (secondary N) is 2. The lowest BCUT2D eigenvalue weighted by Gasteiger charge is -2.18. The Labute approximate surface area is 100 Å². The number of carboxylic acid groups (broad SMARTS) is 2. The van der Waals surface area contributed by atoms with Crippen LogP contribution in [-0.2, 0) is 9.59 Å². The molecule has 0 aromatic carbocycles. The van der Waals surface area contributed by atoms with Gasteiger partial charge in [-0.1, -0.05) is 6.42 Å². The fourth-order valence-electron chi connectivity index (χ4n) is 1.96. The summed E-state index contributed by atoms with van der Waals surface area (Å²) in [5, 5.41) is 22.6. The number of carboxylic acids is 2. The van der Waals surface area contributed by atoms with Crippen molar-refractivity contribution in [3.63, 3.8) is 0 Å². The zero-order chi connectivity index (χ0) is 12.7. The maximum atomic E-state index is 10.3. The van der Waals surface area contributed by atoms with Gasteiger partial charge in [0.25, 0.3) is 0 Å². The van der Waals surface area contributed by atoms with E-state index >= 15 is 0 Å². The normalized spacial score (nSPS) is 28.0. The number of hydrogen-bond acceptors (Lipinski definition) is 4. The third kappa shape index (κ3) is 5.14. The van der Waals surface area contributed by atoms with Crippen LogP contribution in [0, 0.1) is 0 Å². The molecule has 0 spiro atoms. The van der Waals surface area contributed by atoms with E-state index in [1.807, 2.05) is 0 Å². The summed E-state index contributed by atoms with van der Waals surface area (Å²) in [7, 11) is 0. The van der Waals surface area contributed by atoms with E-state index in [0.717, 1.165) is 45.2 Å². The molecule has 2 heterocycles. The molecule has 2 saturated heterocycles. The summed E-state index contributed by atoms with van der Waals surface area (Å²) in [6, 6.07) is -0.547. The molecule has 17 heavy (non-hydrogen) atoms. The van der Waals surface area contributed by atoms with Gasteiger partial charge in [0.05, 0.1) is 0 Å². The van der Waals surface area contributed by atoms with E-state index in [9.17, 15) is 9.59 Å². The van der Waals surface area contributed by atoms with Gasteiger partial charge in [0.15, 0.2) is 0 Å². The molecule has 98 valence electrons. The zero-order valence-electron chi connectivity index (χ0n) is 9.82. The molecular weight excluding hydrogens is 224 g/mol. The molecule has 6 heteroatoms. The van der Waals surface area contributed by atoms with Gasteiger partial charge in [-0.25, -0.2) is 0 Å². The Balaban J connectivity index is 0.000000171. The van der Waals surface area contributed by atoms with Gasteiger partial charge in [0, 0.05) is 0 Å². The first-order valence-electron chi connectivity index (χ1n) is 6.03. The van der Waals surface area contributed by atoms with Gasteiger partial charge in [-0.15, -0.1) is 0 Å². The Bertz CT molecular complexity index is 258. The molecule has 0 saturated carbocycles. The number of carbonyl (C=O) groups is 2. The van der Waals surface area contributed by atoms with Crippen LogP contribution in [0.15, 0.2) is 0 Å². The van der Waals surface area contributed by atoms with Crippen LogP contribution in [0.5, 0.6) is 0 Å². The highest BCUT2D eigenvalue weighted by atomic mass is 16.4. The highest BCUT2D eigenvalue weighted by Crippen LogP contribution is 2.06. The third-order valence-electron chi connectivity index (χ3n) is 2.97. The molecule has 2 fully saturated rings. The lowest BCUT2D eigenvalue weighted by Crippen LogP contribution is -2.40. The molecule has 2 aliphatic heterocycles. The van der Waals surface area contributed by atoms with Crippen LogP contribution in [-0.4, -0.2) is 47.3 Å². The molecule has 2 rings (SSSR count). The summed E-state index contributed by atoms with van der Waals surface area (Å²) < 4.78 is 0. The second-order valence-corrected chi connectivity index (χ2v) is 4.33. The molecule has 2 aliphatic rings. The van der Waals surface area contributed by atoms with Crippen molar-refractivity contribution >= 4 is 11.9 Å². The Kier molecular flexibility index (Phi) is 5.93. The molecule has 0 aromatic rings. The van der Waals surface area contributed by atoms with Crippen LogP contribution in [0.25, 0.3) is 0 Å². The minimum Gasteiger partial charge on any atom is -0.480 e. The average Bonchev–Trinajstić information content (AvgIpc) is 2.84. The second kappa shape index (κ2) is 7.24. The summed E-state index contributed by atoms with van der Waals surface area (Å²) in [4.78, 5) is 20.4. The van der Waals surface area contributed by atoms with Crippen molar-refractivity contribution in [3.8, 4) is 0 Å². The first-order valence-corrected chi connectivity index (χ1v) is 6.03. The molecule has 0 radical (unpaired) electrons. The largest absolute Gasteiger partial charge is 0.480 e. The molecule has 2 unspecified atom stereocenters. The van der Waals surface area contributed by atoms with E-state index in [0.29, 0.717) is 0 Å². The van der Waals surface area contributed by atoms with Gasteiger partial charge in [-0.2, -0.15) is 0 Å². The predicted octanol–water partition coefficient (Wildman–Crippen LogP) is 0.0361. The van der Waals surface area contributed by atoms with Gasteiger partial charge in [0.2, 0.25) is 0 Å². The third-order valence-corrected chi connectivity index (χ3v) is 2.97. The fraction of sp³-hybridized carbons (Fsp3) is 0.818. The summed E-state index contributed by atoms with van der Waals surface area (Å²) in [6.07, 6.45) is 4.73. The van der Waals surface area contributed by atoms with Gasteiger partial charge >= 0.3 is 11.9 Å². The van der Waals surface area contributed by atoms with Crippen molar-refractivity contribution in [2.45, 2.75) is 44.2 Å².